The van der Waals surface area contributed by atoms with E-state index >= 15 is 0 Å². The summed E-state index contributed by atoms with van der Waals surface area (Å²) in [7, 11) is 6.07. The van der Waals surface area contributed by atoms with E-state index in [1.165, 1.54) is 18.4 Å². The van der Waals surface area contributed by atoms with Crippen molar-refractivity contribution in [3.8, 4) is 5.75 Å². The van der Waals surface area contributed by atoms with E-state index in [4.69, 9.17) is 4.74 Å². The predicted octanol–water partition coefficient (Wildman–Crippen LogP) is 3.15. The van der Waals surface area contributed by atoms with Gasteiger partial charge in [0.05, 0.1) is 7.11 Å². The van der Waals surface area contributed by atoms with Crippen LogP contribution in [0.2, 0.25) is 0 Å². The molecule has 4 unspecified atom stereocenters. The summed E-state index contributed by atoms with van der Waals surface area (Å²) in [6.07, 6.45) is 2.61. The van der Waals surface area contributed by atoms with Gasteiger partial charge in [-0.3, -0.25) is 4.90 Å². The van der Waals surface area contributed by atoms with Gasteiger partial charge in [0.1, 0.15) is 5.75 Å². The van der Waals surface area contributed by atoms with Crippen LogP contribution in [-0.2, 0) is 6.54 Å². The molecule has 118 valence electrons. The van der Waals surface area contributed by atoms with Gasteiger partial charge in [-0.15, -0.1) is 0 Å². The van der Waals surface area contributed by atoms with Crippen molar-refractivity contribution in [2.24, 2.45) is 11.8 Å². The molecule has 0 spiro atoms. The maximum atomic E-state index is 5.23. The number of methoxy groups -OCH3 is 1. The van der Waals surface area contributed by atoms with Crippen LogP contribution in [0.3, 0.4) is 0 Å². The Hall–Kier alpha value is -1.06. The monoisotopic (exact) mass is 290 g/mol. The smallest absolute Gasteiger partial charge is 0.118 e. The summed E-state index contributed by atoms with van der Waals surface area (Å²) in [5.74, 6) is 2.48. The van der Waals surface area contributed by atoms with E-state index in [-0.39, 0.29) is 0 Å². The summed E-state index contributed by atoms with van der Waals surface area (Å²) in [4.78, 5) is 2.51. The Morgan fingerprint density at radius 2 is 1.86 bits per heavy atom. The largest absolute Gasteiger partial charge is 0.497 e. The Morgan fingerprint density at radius 3 is 2.43 bits per heavy atom. The number of ether oxygens (including phenoxy) is 1. The van der Waals surface area contributed by atoms with Crippen molar-refractivity contribution in [1.82, 2.24) is 10.2 Å². The lowest BCUT2D eigenvalue weighted by Crippen LogP contribution is -2.54. The van der Waals surface area contributed by atoms with E-state index in [9.17, 15) is 0 Å². The molecule has 1 aromatic rings. The number of nitrogens with one attached hydrogen (secondary N) is 1. The molecule has 0 heterocycles. The molecular weight excluding hydrogens is 260 g/mol. The topological polar surface area (TPSA) is 24.5 Å². The number of rotatable bonds is 5. The van der Waals surface area contributed by atoms with Crippen LogP contribution in [0, 0.1) is 11.8 Å². The summed E-state index contributed by atoms with van der Waals surface area (Å²) in [5, 5.41) is 3.54. The minimum Gasteiger partial charge on any atom is -0.497 e. The van der Waals surface area contributed by atoms with Crippen molar-refractivity contribution in [3.63, 3.8) is 0 Å². The highest BCUT2D eigenvalue weighted by Crippen LogP contribution is 2.32. The third kappa shape index (κ3) is 3.98. The fourth-order valence-corrected chi connectivity index (χ4v) is 3.99. The maximum absolute atomic E-state index is 5.23. The lowest BCUT2D eigenvalue weighted by molar-refractivity contribution is 0.0786. The van der Waals surface area contributed by atoms with E-state index < -0.39 is 0 Å². The first-order chi connectivity index (χ1) is 10.0. The molecule has 21 heavy (non-hydrogen) atoms. The second-order valence-electron chi connectivity index (χ2n) is 6.70. The van der Waals surface area contributed by atoms with Gasteiger partial charge in [0.2, 0.25) is 0 Å². The zero-order valence-electron chi connectivity index (χ0n) is 14.1. The van der Waals surface area contributed by atoms with Crippen LogP contribution >= 0.6 is 0 Å². The third-order valence-electron chi connectivity index (χ3n) is 4.90. The number of benzene rings is 1. The highest BCUT2D eigenvalue weighted by molar-refractivity contribution is 5.27. The molecule has 3 heteroatoms. The number of hydrogen-bond donors (Lipinski definition) is 1. The lowest BCUT2D eigenvalue weighted by Gasteiger charge is -2.44. The zero-order chi connectivity index (χ0) is 15.4. The van der Waals surface area contributed by atoms with Crippen LogP contribution in [0.5, 0.6) is 5.75 Å². The third-order valence-corrected chi connectivity index (χ3v) is 4.90. The van der Waals surface area contributed by atoms with Crippen LogP contribution in [0.15, 0.2) is 24.3 Å². The highest BCUT2D eigenvalue weighted by Gasteiger charge is 2.35. The van der Waals surface area contributed by atoms with Gasteiger partial charge in [-0.05, 0) is 56.5 Å². The molecule has 0 aliphatic heterocycles. The summed E-state index contributed by atoms with van der Waals surface area (Å²) >= 11 is 0. The molecule has 1 aliphatic carbocycles. The Kier molecular flexibility index (Phi) is 5.65. The van der Waals surface area contributed by atoms with Gasteiger partial charge in [0.15, 0.2) is 0 Å². The summed E-state index contributed by atoms with van der Waals surface area (Å²) < 4.78 is 5.23. The maximum Gasteiger partial charge on any atom is 0.118 e. The molecule has 0 radical (unpaired) electrons. The molecule has 0 bridgehead atoms. The fourth-order valence-electron chi connectivity index (χ4n) is 3.99. The Balaban J connectivity index is 2.04. The zero-order valence-corrected chi connectivity index (χ0v) is 14.1. The van der Waals surface area contributed by atoms with E-state index in [2.05, 4.69) is 50.3 Å². The van der Waals surface area contributed by atoms with Gasteiger partial charge in [0, 0.05) is 18.6 Å². The van der Waals surface area contributed by atoms with Gasteiger partial charge in [-0.2, -0.15) is 0 Å². The van der Waals surface area contributed by atoms with E-state index in [1.807, 2.05) is 12.1 Å². The van der Waals surface area contributed by atoms with E-state index in [0.29, 0.717) is 12.1 Å². The first-order valence-corrected chi connectivity index (χ1v) is 8.05. The normalized spacial score (nSPS) is 29.6. The average Bonchev–Trinajstić information content (AvgIpc) is 2.46. The number of nitrogens with zero attached hydrogens (tertiary/aromatic N) is 1. The molecular formula is C18H30N2O. The van der Waals surface area contributed by atoms with Gasteiger partial charge >= 0.3 is 0 Å². The second-order valence-corrected chi connectivity index (χ2v) is 6.70. The summed E-state index contributed by atoms with van der Waals surface area (Å²) in [5.41, 5.74) is 1.35. The fraction of sp³-hybridized carbons (Fsp3) is 0.667. The standard InChI is InChI=1S/C18H30N2O/c1-13-10-14(2)18(17(11-13)19-3)20(4)12-15-6-8-16(21-5)9-7-15/h6-9,13-14,17-19H,10-12H2,1-5H3. The lowest BCUT2D eigenvalue weighted by atomic mass is 9.76. The summed E-state index contributed by atoms with van der Waals surface area (Å²) in [6.45, 7) is 5.77. The van der Waals surface area contributed by atoms with E-state index in [1.54, 1.807) is 7.11 Å². The van der Waals surface area contributed by atoms with E-state index in [0.717, 1.165) is 24.1 Å². The van der Waals surface area contributed by atoms with Crippen molar-refractivity contribution < 1.29 is 4.74 Å². The Morgan fingerprint density at radius 1 is 1.19 bits per heavy atom. The molecule has 1 saturated carbocycles. The van der Waals surface area contributed by atoms with Gasteiger partial charge in [-0.25, -0.2) is 0 Å². The molecule has 4 atom stereocenters. The quantitative estimate of drug-likeness (QED) is 0.901. The molecule has 1 aliphatic rings. The van der Waals surface area contributed by atoms with Crippen molar-refractivity contribution in [2.45, 2.75) is 45.3 Å². The van der Waals surface area contributed by atoms with Gasteiger partial charge in [0.25, 0.3) is 0 Å². The van der Waals surface area contributed by atoms with Crippen LogP contribution in [0.25, 0.3) is 0 Å². The van der Waals surface area contributed by atoms with Crippen molar-refractivity contribution in [1.29, 1.82) is 0 Å². The molecule has 1 N–H and O–H groups in total. The van der Waals surface area contributed by atoms with Crippen molar-refractivity contribution in [3.05, 3.63) is 29.8 Å². The second kappa shape index (κ2) is 7.28. The SMILES string of the molecule is CNC1CC(C)CC(C)C1N(C)Cc1ccc(OC)cc1. The highest BCUT2D eigenvalue weighted by atomic mass is 16.5. The first-order valence-electron chi connectivity index (χ1n) is 8.05. The van der Waals surface area contributed by atoms with Crippen LogP contribution in [-0.4, -0.2) is 38.2 Å². The minimum atomic E-state index is 0.590. The van der Waals surface area contributed by atoms with Crippen LogP contribution in [0.1, 0.15) is 32.3 Å². The molecule has 2 rings (SSSR count). The van der Waals surface area contributed by atoms with Gasteiger partial charge < -0.3 is 10.1 Å². The molecule has 1 fully saturated rings. The predicted molar refractivity (Wildman–Crippen MR) is 88.7 cm³/mol. The first kappa shape index (κ1) is 16.3. The molecule has 0 saturated heterocycles. The number of hydrogen-bond acceptors (Lipinski definition) is 3. The number of likely N-dealkylation sites (N-methyl/N-ethyl adjacent to an activating group) is 2. The summed E-state index contributed by atoms with van der Waals surface area (Å²) in [6, 6.07) is 9.62. The Labute approximate surface area is 129 Å². The van der Waals surface area contributed by atoms with Crippen molar-refractivity contribution >= 4 is 0 Å². The average molecular weight is 290 g/mol. The molecule has 3 nitrogen and oxygen atoms in total. The van der Waals surface area contributed by atoms with Crippen LogP contribution < -0.4 is 10.1 Å². The molecule has 0 aromatic heterocycles. The molecule has 1 aromatic carbocycles. The Bertz CT molecular complexity index is 431. The molecule has 0 amide bonds. The minimum absolute atomic E-state index is 0.590. The van der Waals surface area contributed by atoms with Crippen LogP contribution in [0.4, 0.5) is 0 Å². The van der Waals surface area contributed by atoms with Gasteiger partial charge in [-0.1, -0.05) is 26.0 Å². The van der Waals surface area contributed by atoms with Crippen molar-refractivity contribution in [2.75, 3.05) is 21.2 Å².